The summed E-state index contributed by atoms with van der Waals surface area (Å²) in [7, 11) is 0. The number of nitrogens with one attached hydrogen (secondary N) is 1. The normalized spacial score (nSPS) is 11.4. The molecule has 0 aliphatic rings. The molecule has 0 saturated carbocycles. The van der Waals surface area contributed by atoms with Crippen LogP contribution in [0.15, 0.2) is 78.9 Å². The van der Waals surface area contributed by atoms with Crippen LogP contribution in [0, 0.1) is 0 Å². The molecule has 2 heteroatoms. The fourth-order valence-corrected chi connectivity index (χ4v) is 4.00. The van der Waals surface area contributed by atoms with E-state index in [0.717, 1.165) is 17.5 Å². The Morgan fingerprint density at radius 2 is 1.44 bits per heavy atom. The fraction of sp³-hybridized carbons (Fsp3) is 0.0800. The van der Waals surface area contributed by atoms with Crippen molar-refractivity contribution in [3.05, 3.63) is 90.0 Å². The Kier molecular flexibility index (Phi) is 3.58. The van der Waals surface area contributed by atoms with Gasteiger partial charge in [0.05, 0.1) is 0 Å². The van der Waals surface area contributed by atoms with Crippen molar-refractivity contribution in [2.45, 2.75) is 13.3 Å². The first-order valence-electron chi connectivity index (χ1n) is 9.31. The van der Waals surface area contributed by atoms with Gasteiger partial charge in [-0.15, -0.1) is 0 Å². The van der Waals surface area contributed by atoms with Crippen molar-refractivity contribution in [3.63, 3.8) is 0 Å². The van der Waals surface area contributed by atoms with E-state index in [-0.39, 0.29) is 5.91 Å². The first-order valence-corrected chi connectivity index (χ1v) is 9.31. The number of aryl methyl sites for hydroxylation is 1. The van der Waals surface area contributed by atoms with Gasteiger partial charge in [0.2, 0.25) is 0 Å². The lowest BCUT2D eigenvalue weighted by Gasteiger charge is -2.14. The highest BCUT2D eigenvalue weighted by atomic mass is 16.1. The van der Waals surface area contributed by atoms with Crippen LogP contribution in [0.25, 0.3) is 32.3 Å². The first-order chi connectivity index (χ1) is 13.2. The van der Waals surface area contributed by atoms with Crippen LogP contribution in [0.3, 0.4) is 0 Å². The van der Waals surface area contributed by atoms with Crippen LogP contribution in [0.5, 0.6) is 0 Å². The van der Waals surface area contributed by atoms with Crippen LogP contribution in [0.1, 0.15) is 22.8 Å². The van der Waals surface area contributed by atoms with Crippen LogP contribution in [0.4, 0.5) is 5.69 Å². The van der Waals surface area contributed by atoms with Gasteiger partial charge in [0.25, 0.3) is 5.91 Å². The maximum atomic E-state index is 13.0. The fourth-order valence-electron chi connectivity index (χ4n) is 4.00. The zero-order valence-electron chi connectivity index (χ0n) is 15.1. The molecule has 1 amide bonds. The minimum absolute atomic E-state index is 0.0683. The highest BCUT2D eigenvalue weighted by molar-refractivity contribution is 6.27. The topological polar surface area (TPSA) is 29.1 Å². The number of hydrogen-bond donors (Lipinski definition) is 1. The second-order valence-corrected chi connectivity index (χ2v) is 6.98. The Morgan fingerprint density at radius 1 is 0.778 bits per heavy atom. The van der Waals surface area contributed by atoms with Crippen molar-refractivity contribution >= 4 is 43.9 Å². The summed E-state index contributed by atoms with van der Waals surface area (Å²) in [5.41, 5.74) is 2.76. The summed E-state index contributed by atoms with van der Waals surface area (Å²) < 4.78 is 0. The summed E-state index contributed by atoms with van der Waals surface area (Å²) in [6, 6.07) is 26.8. The van der Waals surface area contributed by atoms with E-state index in [2.05, 4.69) is 60.8 Å². The zero-order valence-corrected chi connectivity index (χ0v) is 15.1. The smallest absolute Gasteiger partial charge is 0.256 e. The highest BCUT2D eigenvalue weighted by Crippen LogP contribution is 2.36. The number of amides is 1. The van der Waals surface area contributed by atoms with E-state index >= 15 is 0 Å². The molecular weight excluding hydrogens is 330 g/mol. The van der Waals surface area contributed by atoms with Crippen molar-refractivity contribution in [1.82, 2.24) is 0 Å². The molecule has 0 fully saturated rings. The molecule has 5 rings (SSSR count). The molecule has 0 heterocycles. The van der Waals surface area contributed by atoms with Gasteiger partial charge in [-0.1, -0.05) is 67.6 Å². The summed E-state index contributed by atoms with van der Waals surface area (Å²) in [5, 5.41) is 10.0. The van der Waals surface area contributed by atoms with Crippen molar-refractivity contribution < 1.29 is 4.79 Å². The van der Waals surface area contributed by atoms with E-state index in [9.17, 15) is 4.79 Å². The van der Waals surface area contributed by atoms with Gasteiger partial charge in [-0.25, -0.2) is 0 Å². The molecule has 27 heavy (non-hydrogen) atoms. The molecule has 0 aromatic heterocycles. The molecule has 0 saturated heterocycles. The summed E-state index contributed by atoms with van der Waals surface area (Å²) >= 11 is 0. The third kappa shape index (κ3) is 2.53. The lowest BCUT2D eigenvalue weighted by atomic mass is 9.92. The number of rotatable bonds is 3. The van der Waals surface area contributed by atoms with E-state index in [1.807, 2.05) is 30.3 Å². The van der Waals surface area contributed by atoms with Crippen LogP contribution in [-0.2, 0) is 6.42 Å². The lowest BCUT2D eigenvalue weighted by Crippen LogP contribution is -2.12. The minimum atomic E-state index is -0.0683. The third-order valence-corrected chi connectivity index (χ3v) is 5.37. The van der Waals surface area contributed by atoms with Crippen LogP contribution < -0.4 is 5.32 Å². The van der Waals surface area contributed by atoms with E-state index in [0.29, 0.717) is 5.56 Å². The van der Waals surface area contributed by atoms with Crippen molar-refractivity contribution in [2.24, 2.45) is 0 Å². The second-order valence-electron chi connectivity index (χ2n) is 6.98. The van der Waals surface area contributed by atoms with Gasteiger partial charge in [-0.3, -0.25) is 4.79 Å². The minimum Gasteiger partial charge on any atom is -0.322 e. The molecule has 1 N–H and O–H groups in total. The number of benzene rings is 5. The standard InChI is InChI=1S/C25H19NO/c1-2-16-5-3-8-20(15-16)26-25(27)22-14-12-19-10-9-17-6-4-7-18-11-13-21(22)24(19)23(17)18/h3-15H,2H2,1H3,(H,26,27). The number of anilines is 1. The van der Waals surface area contributed by atoms with Gasteiger partial charge in [0.15, 0.2) is 0 Å². The summed E-state index contributed by atoms with van der Waals surface area (Å²) in [6.07, 6.45) is 0.947. The lowest BCUT2D eigenvalue weighted by molar-refractivity contribution is 0.102. The first kappa shape index (κ1) is 15.8. The SMILES string of the molecule is CCc1cccc(NC(=O)c2ccc3ccc4cccc5ccc2c3c45)c1. The molecule has 0 spiro atoms. The zero-order chi connectivity index (χ0) is 18.4. The highest BCUT2D eigenvalue weighted by Gasteiger charge is 2.15. The molecule has 0 radical (unpaired) electrons. The van der Waals surface area contributed by atoms with Gasteiger partial charge in [0, 0.05) is 11.3 Å². The maximum Gasteiger partial charge on any atom is 0.256 e. The van der Waals surface area contributed by atoms with Gasteiger partial charge in [-0.05, 0) is 62.5 Å². The maximum absolute atomic E-state index is 13.0. The Balaban J connectivity index is 1.67. The van der Waals surface area contributed by atoms with E-state index < -0.39 is 0 Å². The monoisotopic (exact) mass is 349 g/mol. The van der Waals surface area contributed by atoms with E-state index in [1.165, 1.54) is 32.5 Å². The number of carbonyl (C=O) groups is 1. The predicted octanol–water partition coefficient (Wildman–Crippen LogP) is 6.40. The van der Waals surface area contributed by atoms with Crippen molar-refractivity contribution in [3.8, 4) is 0 Å². The van der Waals surface area contributed by atoms with Crippen LogP contribution in [-0.4, -0.2) is 5.91 Å². The Hall–Kier alpha value is -3.39. The van der Waals surface area contributed by atoms with Gasteiger partial charge in [-0.2, -0.15) is 0 Å². The Morgan fingerprint density at radius 3 is 2.22 bits per heavy atom. The van der Waals surface area contributed by atoms with Gasteiger partial charge in [0.1, 0.15) is 0 Å². The second kappa shape index (κ2) is 6.10. The molecule has 5 aromatic rings. The Bertz CT molecular complexity index is 1290. The average molecular weight is 349 g/mol. The van der Waals surface area contributed by atoms with Gasteiger partial charge >= 0.3 is 0 Å². The molecule has 130 valence electrons. The Labute approximate surface area is 157 Å². The molecule has 0 aliphatic carbocycles. The summed E-state index contributed by atoms with van der Waals surface area (Å²) in [6.45, 7) is 2.11. The largest absolute Gasteiger partial charge is 0.322 e. The summed E-state index contributed by atoms with van der Waals surface area (Å²) in [4.78, 5) is 13.0. The van der Waals surface area contributed by atoms with Gasteiger partial charge < -0.3 is 5.32 Å². The molecule has 5 aromatic carbocycles. The quantitative estimate of drug-likeness (QED) is 0.375. The summed E-state index contributed by atoms with van der Waals surface area (Å²) in [5.74, 6) is -0.0683. The number of carbonyl (C=O) groups excluding carboxylic acids is 1. The van der Waals surface area contributed by atoms with E-state index in [4.69, 9.17) is 0 Å². The van der Waals surface area contributed by atoms with Crippen molar-refractivity contribution in [1.29, 1.82) is 0 Å². The molecular formula is C25H19NO. The predicted molar refractivity (Wildman–Crippen MR) is 114 cm³/mol. The molecule has 0 bridgehead atoms. The molecule has 0 aliphatic heterocycles. The molecule has 0 atom stereocenters. The third-order valence-electron chi connectivity index (χ3n) is 5.37. The van der Waals surface area contributed by atoms with E-state index in [1.54, 1.807) is 0 Å². The van der Waals surface area contributed by atoms with Crippen molar-refractivity contribution in [2.75, 3.05) is 5.32 Å². The van der Waals surface area contributed by atoms with Crippen LogP contribution >= 0.6 is 0 Å². The van der Waals surface area contributed by atoms with Crippen LogP contribution in [0.2, 0.25) is 0 Å². The number of hydrogen-bond acceptors (Lipinski definition) is 1. The average Bonchev–Trinajstić information content (AvgIpc) is 2.72. The molecule has 0 unspecified atom stereocenters. The molecule has 2 nitrogen and oxygen atoms in total.